The number of anilines is 1. The van der Waals surface area contributed by atoms with Gasteiger partial charge in [0.25, 0.3) is 0 Å². The van der Waals surface area contributed by atoms with Crippen LogP contribution in [0.4, 0.5) is 5.95 Å². The highest BCUT2D eigenvalue weighted by molar-refractivity contribution is 5.90. The summed E-state index contributed by atoms with van der Waals surface area (Å²) in [6.07, 6.45) is 4.29. The summed E-state index contributed by atoms with van der Waals surface area (Å²) in [6, 6.07) is 10.7. The molecule has 4 aromatic heterocycles. The molecule has 5 rings (SSSR count). The van der Waals surface area contributed by atoms with E-state index in [0.29, 0.717) is 22.9 Å². The van der Waals surface area contributed by atoms with E-state index in [9.17, 15) is 5.11 Å². The van der Waals surface area contributed by atoms with Gasteiger partial charge in [0.05, 0.1) is 17.7 Å². The van der Waals surface area contributed by atoms with Gasteiger partial charge in [-0.1, -0.05) is 19.1 Å². The van der Waals surface area contributed by atoms with E-state index >= 15 is 0 Å². The van der Waals surface area contributed by atoms with Gasteiger partial charge in [0, 0.05) is 6.20 Å². The van der Waals surface area contributed by atoms with E-state index in [-0.39, 0.29) is 17.7 Å². The summed E-state index contributed by atoms with van der Waals surface area (Å²) in [5.74, 6) is 1.42. The number of aromatic nitrogens is 6. The highest BCUT2D eigenvalue weighted by atomic mass is 16.3. The Balaban J connectivity index is 1.67. The van der Waals surface area contributed by atoms with Crippen molar-refractivity contribution in [1.29, 1.82) is 0 Å². The van der Waals surface area contributed by atoms with E-state index in [2.05, 4.69) is 27.1 Å². The van der Waals surface area contributed by atoms with Gasteiger partial charge in [-0.2, -0.15) is 14.6 Å². The maximum Gasteiger partial charge on any atom is 0.225 e. The van der Waals surface area contributed by atoms with Crippen LogP contribution >= 0.6 is 0 Å². The van der Waals surface area contributed by atoms with Crippen molar-refractivity contribution in [2.75, 3.05) is 5.73 Å². The van der Waals surface area contributed by atoms with Gasteiger partial charge < -0.3 is 15.3 Å². The molecular weight excluding hydrogens is 358 g/mol. The quantitative estimate of drug-likeness (QED) is 0.495. The van der Waals surface area contributed by atoms with E-state index in [1.165, 1.54) is 4.52 Å². The topological polar surface area (TPSA) is 120 Å². The van der Waals surface area contributed by atoms with Crippen LogP contribution in [0.5, 0.6) is 5.75 Å². The number of benzene rings is 1. The number of nitrogen functional groups attached to an aromatic ring is 1. The number of fused-ring (bicyclic) bond motifs is 3. The number of furan rings is 1. The maximum absolute atomic E-state index is 9.55. The zero-order valence-electron chi connectivity index (χ0n) is 15.0. The molecule has 5 aromatic rings. The van der Waals surface area contributed by atoms with Gasteiger partial charge in [0.2, 0.25) is 11.8 Å². The van der Waals surface area contributed by atoms with Gasteiger partial charge in [0.15, 0.2) is 17.1 Å². The van der Waals surface area contributed by atoms with Crippen molar-refractivity contribution < 1.29 is 9.52 Å². The molecule has 0 amide bonds. The molecule has 0 aliphatic heterocycles. The zero-order valence-corrected chi connectivity index (χ0v) is 15.0. The first-order chi connectivity index (χ1) is 13.6. The van der Waals surface area contributed by atoms with E-state index < -0.39 is 0 Å². The fourth-order valence-corrected chi connectivity index (χ4v) is 3.37. The number of nitrogens with two attached hydrogens (primary N) is 1. The van der Waals surface area contributed by atoms with Crippen LogP contribution in [0.15, 0.2) is 53.3 Å². The second kappa shape index (κ2) is 6.08. The Morgan fingerprint density at radius 2 is 1.96 bits per heavy atom. The molecule has 3 N–H and O–H groups in total. The summed E-state index contributed by atoms with van der Waals surface area (Å²) in [5, 5.41) is 19.3. The zero-order chi connectivity index (χ0) is 19.3. The molecule has 28 heavy (non-hydrogen) atoms. The fraction of sp³-hybridized carbons (Fsp3) is 0.158. The predicted octanol–water partition coefficient (Wildman–Crippen LogP) is 3.02. The number of rotatable bonds is 4. The van der Waals surface area contributed by atoms with Crippen LogP contribution in [0.1, 0.15) is 24.9 Å². The van der Waals surface area contributed by atoms with Crippen molar-refractivity contribution in [3.63, 3.8) is 0 Å². The third kappa shape index (κ3) is 2.48. The second-order valence-corrected chi connectivity index (χ2v) is 6.48. The lowest BCUT2D eigenvalue weighted by Gasteiger charge is -2.15. The van der Waals surface area contributed by atoms with E-state index in [1.807, 2.05) is 23.0 Å². The van der Waals surface area contributed by atoms with Gasteiger partial charge >= 0.3 is 0 Å². The molecule has 0 radical (unpaired) electrons. The highest BCUT2D eigenvalue weighted by Gasteiger charge is 2.19. The molecule has 9 heteroatoms. The van der Waals surface area contributed by atoms with E-state index in [0.717, 1.165) is 17.4 Å². The average Bonchev–Trinajstić information content (AvgIpc) is 3.42. The van der Waals surface area contributed by atoms with Crippen molar-refractivity contribution >= 4 is 22.6 Å². The summed E-state index contributed by atoms with van der Waals surface area (Å²) in [6.45, 7) is 2.08. The van der Waals surface area contributed by atoms with Gasteiger partial charge in [-0.3, -0.25) is 4.68 Å². The monoisotopic (exact) mass is 375 g/mol. The number of hydrogen-bond acceptors (Lipinski definition) is 7. The van der Waals surface area contributed by atoms with Crippen molar-refractivity contribution in [3.8, 4) is 17.3 Å². The molecule has 140 valence electrons. The second-order valence-electron chi connectivity index (χ2n) is 6.48. The molecule has 0 saturated heterocycles. The van der Waals surface area contributed by atoms with Crippen molar-refractivity contribution in [1.82, 2.24) is 29.4 Å². The largest absolute Gasteiger partial charge is 0.508 e. The summed E-state index contributed by atoms with van der Waals surface area (Å²) >= 11 is 0. The average molecular weight is 375 g/mol. The van der Waals surface area contributed by atoms with Gasteiger partial charge in [-0.15, -0.1) is 5.10 Å². The van der Waals surface area contributed by atoms with Crippen LogP contribution in [-0.4, -0.2) is 34.5 Å². The molecule has 0 spiro atoms. The summed E-state index contributed by atoms with van der Waals surface area (Å²) < 4.78 is 8.73. The number of aromatic hydroxyl groups is 1. The Hall–Kier alpha value is -3.88. The summed E-state index contributed by atoms with van der Waals surface area (Å²) in [4.78, 5) is 8.96. The number of nitrogens with zero attached hydrogens (tertiary/aromatic N) is 6. The third-order valence-corrected chi connectivity index (χ3v) is 4.72. The Morgan fingerprint density at radius 1 is 1.14 bits per heavy atom. The standard InChI is InChI=1S/C19H17N7O2/c1-2-14(11-5-7-12(27)8-6-11)25-10-13-16(23-25)22-19(20)26-18(13)21-17(24-26)15-4-3-9-28-15/h3-10,14,27H,2H2,1H3,(H2,20,22,23). The maximum atomic E-state index is 9.55. The Kier molecular flexibility index (Phi) is 3.54. The Bertz CT molecular complexity index is 1270. The lowest BCUT2D eigenvalue weighted by atomic mass is 10.0. The number of hydrogen-bond donors (Lipinski definition) is 2. The Morgan fingerprint density at radius 3 is 2.68 bits per heavy atom. The van der Waals surface area contributed by atoms with Crippen LogP contribution in [0, 0.1) is 0 Å². The van der Waals surface area contributed by atoms with Crippen LogP contribution in [0.2, 0.25) is 0 Å². The molecule has 0 saturated carbocycles. The minimum Gasteiger partial charge on any atom is -0.508 e. The summed E-state index contributed by atoms with van der Waals surface area (Å²) in [7, 11) is 0. The molecule has 0 aliphatic rings. The van der Waals surface area contributed by atoms with Crippen molar-refractivity contribution in [3.05, 3.63) is 54.4 Å². The molecule has 1 aromatic carbocycles. The molecule has 4 heterocycles. The minimum absolute atomic E-state index is 0.0106. The molecule has 0 fully saturated rings. The Labute approximate surface area is 159 Å². The number of phenolic OH excluding ortho intramolecular Hbond substituents is 1. The van der Waals surface area contributed by atoms with E-state index in [1.54, 1.807) is 30.5 Å². The third-order valence-electron chi connectivity index (χ3n) is 4.72. The van der Waals surface area contributed by atoms with Gasteiger partial charge in [-0.05, 0) is 36.2 Å². The molecule has 1 atom stereocenters. The smallest absolute Gasteiger partial charge is 0.225 e. The highest BCUT2D eigenvalue weighted by Crippen LogP contribution is 2.27. The SMILES string of the molecule is CCC(c1ccc(O)cc1)n1cc2c(nc(N)n3nc(-c4ccco4)nc23)n1. The first-order valence-corrected chi connectivity index (χ1v) is 8.88. The van der Waals surface area contributed by atoms with Crippen LogP contribution in [0.25, 0.3) is 28.3 Å². The van der Waals surface area contributed by atoms with Crippen molar-refractivity contribution in [2.45, 2.75) is 19.4 Å². The van der Waals surface area contributed by atoms with Gasteiger partial charge in [0.1, 0.15) is 5.75 Å². The lowest BCUT2D eigenvalue weighted by Crippen LogP contribution is -2.10. The van der Waals surface area contributed by atoms with Gasteiger partial charge in [-0.25, -0.2) is 4.98 Å². The van der Waals surface area contributed by atoms with Crippen LogP contribution in [0.3, 0.4) is 0 Å². The normalized spacial score (nSPS) is 12.8. The number of phenols is 1. The minimum atomic E-state index is -0.0106. The molecule has 1 unspecified atom stereocenters. The molecule has 0 aliphatic carbocycles. The molecular formula is C19H17N7O2. The van der Waals surface area contributed by atoms with E-state index in [4.69, 9.17) is 10.2 Å². The first-order valence-electron chi connectivity index (χ1n) is 8.88. The first kappa shape index (κ1) is 16.3. The van der Waals surface area contributed by atoms with Crippen LogP contribution < -0.4 is 5.73 Å². The van der Waals surface area contributed by atoms with Crippen LogP contribution in [-0.2, 0) is 0 Å². The summed E-state index contributed by atoms with van der Waals surface area (Å²) in [5.41, 5.74) is 8.18. The molecule has 9 nitrogen and oxygen atoms in total. The molecule has 0 bridgehead atoms. The fourth-order valence-electron chi connectivity index (χ4n) is 3.37. The van der Waals surface area contributed by atoms with Crippen molar-refractivity contribution in [2.24, 2.45) is 0 Å². The lowest BCUT2D eigenvalue weighted by molar-refractivity contribution is 0.472. The predicted molar refractivity (Wildman–Crippen MR) is 103 cm³/mol.